The molecular weight excluding hydrogens is 214 g/mol. The zero-order valence-corrected chi connectivity index (χ0v) is 10.1. The van der Waals surface area contributed by atoms with Crippen LogP contribution in [0.5, 0.6) is 5.75 Å². The quantitative estimate of drug-likeness (QED) is 0.747. The zero-order valence-electron chi connectivity index (χ0n) is 10.1. The van der Waals surface area contributed by atoms with Gasteiger partial charge < -0.3 is 15.9 Å². The van der Waals surface area contributed by atoms with Crippen molar-refractivity contribution < 1.29 is 10.2 Å². The molecule has 17 heavy (non-hydrogen) atoms. The van der Waals surface area contributed by atoms with Crippen molar-refractivity contribution in [3.63, 3.8) is 0 Å². The second kappa shape index (κ2) is 5.07. The normalized spacial score (nSPS) is 20.4. The molecule has 2 rings (SSSR count). The van der Waals surface area contributed by atoms with E-state index >= 15 is 0 Å². The summed E-state index contributed by atoms with van der Waals surface area (Å²) in [6.45, 7) is 0.751. The Balaban J connectivity index is 2.28. The summed E-state index contributed by atoms with van der Waals surface area (Å²) >= 11 is 0. The molecule has 0 spiro atoms. The van der Waals surface area contributed by atoms with Crippen LogP contribution in [0.15, 0.2) is 24.3 Å². The topological polar surface area (TPSA) is 66.5 Å². The molecule has 0 radical (unpaired) electrons. The van der Waals surface area contributed by atoms with Crippen molar-refractivity contribution in [3.8, 4) is 5.75 Å². The van der Waals surface area contributed by atoms with Gasteiger partial charge in [-0.25, -0.2) is 0 Å². The van der Waals surface area contributed by atoms with Crippen LogP contribution >= 0.6 is 0 Å². The summed E-state index contributed by atoms with van der Waals surface area (Å²) in [5.41, 5.74) is 6.99. The van der Waals surface area contributed by atoms with Crippen LogP contribution in [0.2, 0.25) is 0 Å². The predicted octanol–water partition coefficient (Wildman–Crippen LogP) is 1.99. The number of benzene rings is 1. The van der Waals surface area contributed by atoms with E-state index < -0.39 is 0 Å². The third-order valence-corrected chi connectivity index (χ3v) is 4.18. The molecule has 1 saturated carbocycles. The Morgan fingerprint density at radius 3 is 2.24 bits per heavy atom. The average Bonchev–Trinajstić information content (AvgIpc) is 2.82. The molecule has 3 heteroatoms. The lowest BCUT2D eigenvalue weighted by atomic mass is 9.71. The van der Waals surface area contributed by atoms with Gasteiger partial charge in [-0.1, -0.05) is 25.0 Å². The number of phenolic OH excluding ortho intramolecular Hbond substituents is 1. The lowest BCUT2D eigenvalue weighted by Crippen LogP contribution is -2.34. The lowest BCUT2D eigenvalue weighted by molar-refractivity contribution is 0.102. The summed E-state index contributed by atoms with van der Waals surface area (Å²) in [5.74, 6) is 0.463. The summed E-state index contributed by atoms with van der Waals surface area (Å²) in [6.07, 6.45) is 4.45. The Labute approximate surface area is 102 Å². The van der Waals surface area contributed by atoms with Crippen LogP contribution in [0.1, 0.15) is 37.2 Å². The molecule has 4 N–H and O–H groups in total. The van der Waals surface area contributed by atoms with Gasteiger partial charge >= 0.3 is 0 Å². The van der Waals surface area contributed by atoms with Crippen LogP contribution in [0.3, 0.4) is 0 Å². The minimum Gasteiger partial charge on any atom is -0.508 e. The van der Waals surface area contributed by atoms with Gasteiger partial charge in [0.1, 0.15) is 5.75 Å². The van der Waals surface area contributed by atoms with Crippen molar-refractivity contribution in [2.45, 2.75) is 31.6 Å². The van der Waals surface area contributed by atoms with Crippen molar-refractivity contribution in [2.24, 2.45) is 11.1 Å². The second-order valence-electron chi connectivity index (χ2n) is 5.11. The molecule has 1 aromatic carbocycles. The van der Waals surface area contributed by atoms with Gasteiger partial charge in [-0.15, -0.1) is 0 Å². The molecule has 1 aromatic rings. The van der Waals surface area contributed by atoms with E-state index in [1.54, 1.807) is 12.1 Å². The summed E-state index contributed by atoms with van der Waals surface area (Å²) in [5, 5.41) is 19.0. The van der Waals surface area contributed by atoms with E-state index in [0.717, 1.165) is 18.4 Å². The molecule has 1 fully saturated rings. The molecule has 0 heterocycles. The Kier molecular flexibility index (Phi) is 3.69. The van der Waals surface area contributed by atoms with E-state index in [0.29, 0.717) is 6.54 Å². The SMILES string of the molecule is NCC(c1ccc(O)cc1)C1(CO)CCCC1. The maximum atomic E-state index is 9.73. The zero-order chi connectivity index (χ0) is 12.3. The van der Waals surface area contributed by atoms with Crippen LogP contribution < -0.4 is 5.73 Å². The minimum atomic E-state index is -0.0499. The van der Waals surface area contributed by atoms with Crippen molar-refractivity contribution in [3.05, 3.63) is 29.8 Å². The summed E-state index contributed by atoms with van der Waals surface area (Å²) < 4.78 is 0. The molecule has 94 valence electrons. The number of rotatable bonds is 4. The van der Waals surface area contributed by atoms with E-state index in [4.69, 9.17) is 5.73 Å². The smallest absolute Gasteiger partial charge is 0.115 e. The second-order valence-corrected chi connectivity index (χ2v) is 5.11. The number of nitrogens with two attached hydrogens (primary N) is 1. The van der Waals surface area contributed by atoms with Gasteiger partial charge in [-0.3, -0.25) is 0 Å². The molecule has 0 saturated heterocycles. The molecule has 0 aromatic heterocycles. The molecule has 0 aliphatic heterocycles. The van der Waals surface area contributed by atoms with Crippen LogP contribution in [0.25, 0.3) is 0 Å². The molecule has 0 bridgehead atoms. The van der Waals surface area contributed by atoms with Crippen molar-refractivity contribution >= 4 is 0 Å². The highest BCUT2D eigenvalue weighted by atomic mass is 16.3. The van der Waals surface area contributed by atoms with Crippen LogP contribution in [0, 0.1) is 5.41 Å². The van der Waals surface area contributed by atoms with E-state index in [1.807, 2.05) is 12.1 Å². The van der Waals surface area contributed by atoms with E-state index in [-0.39, 0.29) is 23.7 Å². The Morgan fingerprint density at radius 2 is 1.76 bits per heavy atom. The minimum absolute atomic E-state index is 0.0499. The van der Waals surface area contributed by atoms with Crippen LogP contribution in [-0.4, -0.2) is 23.4 Å². The number of aliphatic hydroxyl groups is 1. The predicted molar refractivity (Wildman–Crippen MR) is 67.9 cm³/mol. The molecule has 1 aliphatic rings. The fourth-order valence-electron chi connectivity index (χ4n) is 3.14. The first-order chi connectivity index (χ1) is 8.22. The Bertz CT molecular complexity index is 355. The van der Waals surface area contributed by atoms with Gasteiger partial charge in [0, 0.05) is 17.9 Å². The number of aliphatic hydroxyl groups excluding tert-OH is 1. The molecule has 3 nitrogen and oxygen atoms in total. The molecule has 0 amide bonds. The van der Waals surface area contributed by atoms with Gasteiger partial charge in [0.25, 0.3) is 0 Å². The van der Waals surface area contributed by atoms with Crippen molar-refractivity contribution in [2.75, 3.05) is 13.2 Å². The summed E-state index contributed by atoms with van der Waals surface area (Å²) in [7, 11) is 0. The van der Waals surface area contributed by atoms with E-state index in [9.17, 15) is 10.2 Å². The first-order valence-electron chi connectivity index (χ1n) is 6.32. The highest BCUT2D eigenvalue weighted by molar-refractivity contribution is 5.30. The molecular formula is C14H21NO2. The highest BCUT2D eigenvalue weighted by Gasteiger charge is 2.40. The fraction of sp³-hybridized carbons (Fsp3) is 0.571. The molecule has 1 aliphatic carbocycles. The Morgan fingerprint density at radius 1 is 1.18 bits per heavy atom. The van der Waals surface area contributed by atoms with Gasteiger partial charge in [-0.2, -0.15) is 0 Å². The standard InChI is InChI=1S/C14H21NO2/c15-9-13(11-3-5-12(17)6-4-11)14(10-16)7-1-2-8-14/h3-6,13,16-17H,1-2,7-10,15H2. The molecule has 1 atom stereocenters. The van der Waals surface area contributed by atoms with Gasteiger partial charge in [-0.05, 0) is 37.1 Å². The van der Waals surface area contributed by atoms with Crippen LogP contribution in [0.4, 0.5) is 0 Å². The highest BCUT2D eigenvalue weighted by Crippen LogP contribution is 2.48. The number of aromatic hydroxyl groups is 1. The maximum Gasteiger partial charge on any atom is 0.115 e. The lowest BCUT2D eigenvalue weighted by Gasteiger charge is -2.35. The first kappa shape index (κ1) is 12.4. The third-order valence-electron chi connectivity index (χ3n) is 4.18. The van der Waals surface area contributed by atoms with Gasteiger partial charge in [0.2, 0.25) is 0 Å². The largest absolute Gasteiger partial charge is 0.508 e. The molecule has 1 unspecified atom stereocenters. The average molecular weight is 235 g/mol. The van der Waals surface area contributed by atoms with Gasteiger partial charge in [0.05, 0.1) is 0 Å². The number of phenols is 1. The number of hydrogen-bond acceptors (Lipinski definition) is 3. The van der Waals surface area contributed by atoms with Crippen LogP contribution in [-0.2, 0) is 0 Å². The first-order valence-corrected chi connectivity index (χ1v) is 6.32. The monoisotopic (exact) mass is 235 g/mol. The number of hydrogen-bond donors (Lipinski definition) is 3. The third kappa shape index (κ3) is 2.31. The summed E-state index contributed by atoms with van der Waals surface area (Å²) in [6, 6.07) is 7.22. The van der Waals surface area contributed by atoms with Crippen molar-refractivity contribution in [1.82, 2.24) is 0 Å². The van der Waals surface area contributed by atoms with E-state index in [1.165, 1.54) is 12.8 Å². The fourth-order valence-corrected chi connectivity index (χ4v) is 3.14. The maximum absolute atomic E-state index is 9.73. The van der Waals surface area contributed by atoms with Crippen molar-refractivity contribution in [1.29, 1.82) is 0 Å². The summed E-state index contributed by atoms with van der Waals surface area (Å²) in [4.78, 5) is 0. The van der Waals surface area contributed by atoms with Gasteiger partial charge in [0.15, 0.2) is 0 Å². The van der Waals surface area contributed by atoms with E-state index in [2.05, 4.69) is 0 Å². The Hall–Kier alpha value is -1.06.